The third kappa shape index (κ3) is 3.45. The Hall–Kier alpha value is -1.67. The SMILES string of the molecule is Cc1cccc(CCC(O)c2c(C)cc(C)cc2F)c1. The van der Waals surface area contributed by atoms with Crippen molar-refractivity contribution in [3.8, 4) is 0 Å². The maximum absolute atomic E-state index is 14.0. The number of rotatable bonds is 4. The molecule has 1 atom stereocenters. The third-order valence-corrected chi connectivity index (χ3v) is 3.60. The second kappa shape index (κ2) is 6.19. The smallest absolute Gasteiger partial charge is 0.129 e. The third-order valence-electron chi connectivity index (χ3n) is 3.60. The van der Waals surface area contributed by atoms with Crippen LogP contribution < -0.4 is 0 Å². The van der Waals surface area contributed by atoms with Gasteiger partial charge in [-0.1, -0.05) is 35.9 Å². The number of benzene rings is 2. The molecule has 2 aromatic carbocycles. The molecule has 0 fully saturated rings. The van der Waals surface area contributed by atoms with Crippen LogP contribution in [0.25, 0.3) is 0 Å². The summed E-state index contributed by atoms with van der Waals surface area (Å²) < 4.78 is 14.0. The molecule has 0 radical (unpaired) electrons. The highest BCUT2D eigenvalue weighted by Gasteiger charge is 2.16. The van der Waals surface area contributed by atoms with Crippen LogP contribution in [-0.4, -0.2) is 5.11 Å². The van der Waals surface area contributed by atoms with E-state index in [4.69, 9.17) is 0 Å². The molecule has 0 aliphatic carbocycles. The van der Waals surface area contributed by atoms with Gasteiger partial charge in [0.05, 0.1) is 6.10 Å². The fraction of sp³-hybridized carbons (Fsp3) is 0.333. The second-order valence-electron chi connectivity index (χ2n) is 5.52. The van der Waals surface area contributed by atoms with E-state index in [9.17, 15) is 9.50 Å². The molecule has 0 aliphatic heterocycles. The van der Waals surface area contributed by atoms with Gasteiger partial charge in [0.25, 0.3) is 0 Å². The van der Waals surface area contributed by atoms with Crippen LogP contribution in [0.1, 0.15) is 40.3 Å². The lowest BCUT2D eigenvalue weighted by molar-refractivity contribution is 0.162. The fourth-order valence-electron chi connectivity index (χ4n) is 2.66. The fourth-order valence-corrected chi connectivity index (χ4v) is 2.66. The summed E-state index contributed by atoms with van der Waals surface area (Å²) in [7, 11) is 0. The van der Waals surface area contributed by atoms with Crippen molar-refractivity contribution in [2.75, 3.05) is 0 Å². The number of aryl methyl sites for hydroxylation is 4. The maximum atomic E-state index is 14.0. The Bertz CT molecular complexity index is 581. The molecule has 0 bridgehead atoms. The van der Waals surface area contributed by atoms with Gasteiger partial charge >= 0.3 is 0 Å². The summed E-state index contributed by atoms with van der Waals surface area (Å²) in [5, 5.41) is 10.3. The van der Waals surface area contributed by atoms with E-state index >= 15 is 0 Å². The van der Waals surface area contributed by atoms with Gasteiger partial charge in [-0.3, -0.25) is 0 Å². The summed E-state index contributed by atoms with van der Waals surface area (Å²) in [6.45, 7) is 5.75. The molecule has 2 rings (SSSR count). The first-order valence-corrected chi connectivity index (χ1v) is 6.97. The van der Waals surface area contributed by atoms with E-state index in [0.29, 0.717) is 12.0 Å². The molecule has 1 N–H and O–H groups in total. The zero-order valence-corrected chi connectivity index (χ0v) is 12.3. The lowest BCUT2D eigenvalue weighted by Crippen LogP contribution is -2.05. The highest BCUT2D eigenvalue weighted by Crippen LogP contribution is 2.26. The number of aliphatic hydroxyl groups is 1. The zero-order chi connectivity index (χ0) is 14.7. The highest BCUT2D eigenvalue weighted by molar-refractivity contribution is 5.33. The Kier molecular flexibility index (Phi) is 4.56. The summed E-state index contributed by atoms with van der Waals surface area (Å²) in [5.74, 6) is -0.306. The van der Waals surface area contributed by atoms with Crippen LogP contribution in [0.4, 0.5) is 4.39 Å². The van der Waals surface area contributed by atoms with Crippen LogP contribution >= 0.6 is 0 Å². The number of aliphatic hydroxyl groups excluding tert-OH is 1. The average Bonchev–Trinajstić information content (AvgIpc) is 2.35. The van der Waals surface area contributed by atoms with Gasteiger partial charge in [0, 0.05) is 5.56 Å². The van der Waals surface area contributed by atoms with Crippen LogP contribution in [-0.2, 0) is 6.42 Å². The van der Waals surface area contributed by atoms with Gasteiger partial charge in [-0.15, -0.1) is 0 Å². The molecule has 0 spiro atoms. The van der Waals surface area contributed by atoms with E-state index in [1.54, 1.807) is 0 Å². The van der Waals surface area contributed by atoms with Gasteiger partial charge < -0.3 is 5.11 Å². The average molecular weight is 272 g/mol. The molecule has 1 unspecified atom stereocenters. The number of halogens is 1. The minimum Gasteiger partial charge on any atom is -0.388 e. The van der Waals surface area contributed by atoms with Gasteiger partial charge in [0.15, 0.2) is 0 Å². The Morgan fingerprint density at radius 1 is 1.05 bits per heavy atom. The van der Waals surface area contributed by atoms with Gasteiger partial charge in [0.1, 0.15) is 5.82 Å². The largest absolute Gasteiger partial charge is 0.388 e. The monoisotopic (exact) mass is 272 g/mol. The van der Waals surface area contributed by atoms with Crippen molar-refractivity contribution < 1.29 is 9.50 Å². The zero-order valence-electron chi connectivity index (χ0n) is 12.3. The molecule has 20 heavy (non-hydrogen) atoms. The first-order valence-electron chi connectivity index (χ1n) is 6.97. The van der Waals surface area contributed by atoms with Crippen LogP contribution in [0, 0.1) is 26.6 Å². The Labute approximate surface area is 120 Å². The summed E-state index contributed by atoms with van der Waals surface area (Å²) in [6.07, 6.45) is 0.524. The summed E-state index contributed by atoms with van der Waals surface area (Å²) in [5.41, 5.74) is 4.51. The molecule has 0 amide bonds. The minimum absolute atomic E-state index is 0.306. The Balaban J connectivity index is 2.11. The van der Waals surface area contributed by atoms with Crippen LogP contribution in [0.2, 0.25) is 0 Å². The second-order valence-corrected chi connectivity index (χ2v) is 5.52. The van der Waals surface area contributed by atoms with Crippen molar-refractivity contribution in [2.45, 2.75) is 39.7 Å². The standard InChI is InChI=1S/C18H21FO/c1-12-5-4-6-15(10-12)7-8-17(20)18-14(3)9-13(2)11-16(18)19/h4-6,9-11,17,20H,7-8H2,1-3H3. The van der Waals surface area contributed by atoms with Crippen molar-refractivity contribution in [2.24, 2.45) is 0 Å². The Morgan fingerprint density at radius 3 is 2.45 bits per heavy atom. The minimum atomic E-state index is -0.754. The normalized spacial score (nSPS) is 12.4. The lowest BCUT2D eigenvalue weighted by atomic mass is 9.95. The molecule has 1 nitrogen and oxygen atoms in total. The van der Waals surface area contributed by atoms with Gasteiger partial charge in [-0.25, -0.2) is 4.39 Å². The van der Waals surface area contributed by atoms with E-state index < -0.39 is 6.10 Å². The lowest BCUT2D eigenvalue weighted by Gasteiger charge is -2.15. The quantitative estimate of drug-likeness (QED) is 0.873. The van der Waals surface area contributed by atoms with Crippen molar-refractivity contribution in [3.63, 3.8) is 0 Å². The van der Waals surface area contributed by atoms with Crippen LogP contribution in [0.5, 0.6) is 0 Å². The topological polar surface area (TPSA) is 20.2 Å². The molecule has 0 aliphatic rings. The summed E-state index contributed by atoms with van der Waals surface area (Å²) in [6, 6.07) is 11.6. The van der Waals surface area contributed by atoms with Crippen LogP contribution in [0.15, 0.2) is 36.4 Å². The van der Waals surface area contributed by atoms with Crippen molar-refractivity contribution in [1.82, 2.24) is 0 Å². The summed E-state index contributed by atoms with van der Waals surface area (Å²) >= 11 is 0. The molecular weight excluding hydrogens is 251 g/mol. The van der Waals surface area contributed by atoms with E-state index in [1.807, 2.05) is 45.0 Å². The number of hydrogen-bond acceptors (Lipinski definition) is 1. The van der Waals surface area contributed by atoms with E-state index in [2.05, 4.69) is 6.07 Å². The molecule has 0 saturated heterocycles. The predicted octanol–water partition coefficient (Wildman–Crippen LogP) is 4.42. The van der Waals surface area contributed by atoms with E-state index in [0.717, 1.165) is 17.5 Å². The van der Waals surface area contributed by atoms with Gasteiger partial charge in [0.2, 0.25) is 0 Å². The Morgan fingerprint density at radius 2 is 1.80 bits per heavy atom. The van der Waals surface area contributed by atoms with E-state index in [1.165, 1.54) is 17.2 Å². The van der Waals surface area contributed by atoms with Crippen molar-refractivity contribution in [1.29, 1.82) is 0 Å². The molecule has 0 heterocycles. The molecule has 2 heteroatoms. The predicted molar refractivity (Wildman–Crippen MR) is 80.3 cm³/mol. The molecule has 0 aromatic heterocycles. The number of hydrogen-bond donors (Lipinski definition) is 1. The van der Waals surface area contributed by atoms with E-state index in [-0.39, 0.29) is 5.82 Å². The van der Waals surface area contributed by atoms with Crippen molar-refractivity contribution >= 4 is 0 Å². The first-order chi connectivity index (χ1) is 9.47. The molecule has 2 aromatic rings. The van der Waals surface area contributed by atoms with Crippen LogP contribution in [0.3, 0.4) is 0 Å². The summed E-state index contributed by atoms with van der Waals surface area (Å²) in [4.78, 5) is 0. The van der Waals surface area contributed by atoms with Gasteiger partial charge in [-0.2, -0.15) is 0 Å². The molecular formula is C18H21FO. The maximum Gasteiger partial charge on any atom is 0.129 e. The van der Waals surface area contributed by atoms with Crippen molar-refractivity contribution in [3.05, 3.63) is 70.0 Å². The highest BCUT2D eigenvalue weighted by atomic mass is 19.1. The molecule has 0 saturated carbocycles. The van der Waals surface area contributed by atoms with Gasteiger partial charge in [-0.05, 0) is 56.4 Å². The molecule has 106 valence electrons. The first kappa shape index (κ1) is 14.7.